The van der Waals surface area contributed by atoms with Crippen LogP contribution in [0.15, 0.2) is 73.1 Å². The van der Waals surface area contributed by atoms with Gasteiger partial charge in [0.25, 0.3) is 11.8 Å². The Hall–Kier alpha value is -3.47. The maximum Gasteiger partial charge on any atom is 0.255 e. The van der Waals surface area contributed by atoms with Crippen LogP contribution in [0.3, 0.4) is 0 Å². The summed E-state index contributed by atoms with van der Waals surface area (Å²) >= 11 is 0. The number of carbonyl (C=O) groups is 2. The van der Waals surface area contributed by atoms with Crippen LogP contribution in [0, 0.1) is 6.92 Å². The van der Waals surface area contributed by atoms with Crippen molar-refractivity contribution in [3.8, 4) is 0 Å². The summed E-state index contributed by atoms with van der Waals surface area (Å²) in [5, 5.41) is 5.68. The molecule has 0 unspecified atom stereocenters. The van der Waals surface area contributed by atoms with E-state index < -0.39 is 0 Å². The predicted octanol–water partition coefficient (Wildman–Crippen LogP) is 3.57. The van der Waals surface area contributed by atoms with E-state index in [0.29, 0.717) is 17.7 Å². The normalized spacial score (nSPS) is 10.2. The number of amides is 2. The van der Waals surface area contributed by atoms with Gasteiger partial charge in [-0.25, -0.2) is 0 Å². The molecule has 1 aromatic heterocycles. The largest absolute Gasteiger partial charge is 0.348 e. The molecule has 130 valence electrons. The van der Waals surface area contributed by atoms with E-state index in [0.717, 1.165) is 16.8 Å². The Kier molecular flexibility index (Phi) is 5.39. The van der Waals surface area contributed by atoms with Crippen LogP contribution in [0.4, 0.5) is 5.69 Å². The topological polar surface area (TPSA) is 71.1 Å². The minimum atomic E-state index is -0.211. The van der Waals surface area contributed by atoms with E-state index in [2.05, 4.69) is 15.6 Å². The van der Waals surface area contributed by atoms with Crippen LogP contribution in [0.1, 0.15) is 31.8 Å². The van der Waals surface area contributed by atoms with Crippen molar-refractivity contribution in [1.29, 1.82) is 0 Å². The van der Waals surface area contributed by atoms with Crippen molar-refractivity contribution in [2.75, 3.05) is 5.32 Å². The summed E-state index contributed by atoms with van der Waals surface area (Å²) in [7, 11) is 0. The molecule has 5 nitrogen and oxygen atoms in total. The lowest BCUT2D eigenvalue weighted by Gasteiger charge is -2.08. The summed E-state index contributed by atoms with van der Waals surface area (Å²) in [5.74, 6) is -0.398. The van der Waals surface area contributed by atoms with Gasteiger partial charge in [0.15, 0.2) is 0 Å². The lowest BCUT2D eigenvalue weighted by molar-refractivity contribution is 0.0949. The summed E-state index contributed by atoms with van der Waals surface area (Å²) in [6.07, 6.45) is 3.37. The van der Waals surface area contributed by atoms with Gasteiger partial charge >= 0.3 is 0 Å². The highest BCUT2D eigenvalue weighted by molar-refractivity contribution is 6.05. The van der Waals surface area contributed by atoms with E-state index in [4.69, 9.17) is 0 Å². The molecule has 0 spiro atoms. The van der Waals surface area contributed by atoms with Gasteiger partial charge in [0.1, 0.15) is 0 Å². The zero-order chi connectivity index (χ0) is 18.4. The highest BCUT2D eigenvalue weighted by Crippen LogP contribution is 2.12. The highest BCUT2D eigenvalue weighted by atomic mass is 16.2. The van der Waals surface area contributed by atoms with Gasteiger partial charge in [-0.15, -0.1) is 0 Å². The van der Waals surface area contributed by atoms with Crippen LogP contribution in [0.5, 0.6) is 0 Å². The molecule has 3 rings (SSSR count). The lowest BCUT2D eigenvalue weighted by atomic mass is 10.1. The average Bonchev–Trinajstić information content (AvgIpc) is 2.69. The molecule has 0 saturated carbocycles. The van der Waals surface area contributed by atoms with E-state index in [1.54, 1.807) is 36.7 Å². The first-order chi connectivity index (χ1) is 12.6. The molecular weight excluding hydrogens is 326 g/mol. The van der Waals surface area contributed by atoms with E-state index in [1.807, 2.05) is 43.3 Å². The number of anilines is 1. The Morgan fingerprint density at radius 1 is 0.808 bits per heavy atom. The molecule has 3 aromatic rings. The Bertz CT molecular complexity index is 889. The molecule has 0 aliphatic carbocycles. The number of nitrogens with one attached hydrogen (secondary N) is 2. The molecule has 1 heterocycles. The number of hydrogen-bond acceptors (Lipinski definition) is 3. The summed E-state index contributed by atoms with van der Waals surface area (Å²) in [5.41, 5.74) is 3.84. The van der Waals surface area contributed by atoms with Crippen molar-refractivity contribution in [3.63, 3.8) is 0 Å². The van der Waals surface area contributed by atoms with Crippen LogP contribution >= 0.6 is 0 Å². The summed E-state index contributed by atoms with van der Waals surface area (Å²) in [6, 6.07) is 17.9. The summed E-state index contributed by atoms with van der Waals surface area (Å²) < 4.78 is 0. The van der Waals surface area contributed by atoms with Gasteiger partial charge in [-0.05, 0) is 61.0 Å². The lowest BCUT2D eigenvalue weighted by Crippen LogP contribution is -2.23. The fourth-order valence-corrected chi connectivity index (χ4v) is 2.40. The van der Waals surface area contributed by atoms with Crippen LogP contribution in [0.25, 0.3) is 0 Å². The molecule has 0 bridgehead atoms. The fraction of sp³-hybridized carbons (Fsp3) is 0.0952. The van der Waals surface area contributed by atoms with Crippen LogP contribution in [-0.2, 0) is 6.54 Å². The maximum absolute atomic E-state index is 12.3. The van der Waals surface area contributed by atoms with Crippen LogP contribution in [0.2, 0.25) is 0 Å². The van der Waals surface area contributed by atoms with Crippen LogP contribution < -0.4 is 10.6 Å². The number of benzene rings is 2. The number of hydrogen-bond donors (Lipinski definition) is 2. The fourth-order valence-electron chi connectivity index (χ4n) is 2.40. The van der Waals surface area contributed by atoms with E-state index >= 15 is 0 Å². The molecule has 5 heteroatoms. The third kappa shape index (κ3) is 4.54. The first-order valence-corrected chi connectivity index (χ1v) is 8.27. The van der Waals surface area contributed by atoms with Gasteiger partial charge in [-0.1, -0.05) is 17.7 Å². The van der Waals surface area contributed by atoms with Gasteiger partial charge in [0.2, 0.25) is 0 Å². The average molecular weight is 345 g/mol. The molecule has 26 heavy (non-hydrogen) atoms. The van der Waals surface area contributed by atoms with Gasteiger partial charge in [-0.2, -0.15) is 0 Å². The smallest absolute Gasteiger partial charge is 0.255 e. The van der Waals surface area contributed by atoms with Crippen molar-refractivity contribution < 1.29 is 9.59 Å². The number of nitrogens with zero attached hydrogens (tertiary/aromatic N) is 1. The molecule has 2 aromatic carbocycles. The summed E-state index contributed by atoms with van der Waals surface area (Å²) in [6.45, 7) is 2.42. The Morgan fingerprint density at radius 2 is 1.38 bits per heavy atom. The molecule has 0 atom stereocenters. The molecule has 0 saturated heterocycles. The van der Waals surface area contributed by atoms with Crippen LogP contribution in [-0.4, -0.2) is 16.8 Å². The second-order valence-corrected chi connectivity index (χ2v) is 5.94. The molecule has 2 N–H and O–H groups in total. The standard InChI is InChI=1S/C21H19N3O2/c1-15-2-8-19(9-3-15)24-21(26)18-6-4-17(5-7-18)20(25)23-14-16-10-12-22-13-11-16/h2-13H,14H2,1H3,(H,23,25)(H,24,26). The molecule has 0 aliphatic rings. The number of carbonyl (C=O) groups excluding carboxylic acids is 2. The first-order valence-electron chi connectivity index (χ1n) is 8.27. The minimum Gasteiger partial charge on any atom is -0.348 e. The zero-order valence-corrected chi connectivity index (χ0v) is 14.4. The maximum atomic E-state index is 12.3. The highest BCUT2D eigenvalue weighted by Gasteiger charge is 2.09. The summed E-state index contributed by atoms with van der Waals surface area (Å²) in [4.78, 5) is 28.4. The Labute approximate surface area is 152 Å². The second kappa shape index (κ2) is 8.07. The number of pyridine rings is 1. The molecular formula is C21H19N3O2. The Balaban J connectivity index is 1.59. The Morgan fingerprint density at radius 3 is 2.00 bits per heavy atom. The molecule has 2 amide bonds. The SMILES string of the molecule is Cc1ccc(NC(=O)c2ccc(C(=O)NCc3ccncc3)cc2)cc1. The quantitative estimate of drug-likeness (QED) is 0.742. The van der Waals surface area contributed by atoms with Gasteiger partial charge in [0, 0.05) is 35.8 Å². The minimum absolute atomic E-state index is 0.188. The number of aryl methyl sites for hydroxylation is 1. The van der Waals surface area contributed by atoms with Crippen molar-refractivity contribution in [3.05, 3.63) is 95.3 Å². The van der Waals surface area contributed by atoms with E-state index in [1.165, 1.54) is 0 Å². The number of rotatable bonds is 5. The predicted molar refractivity (Wildman–Crippen MR) is 101 cm³/mol. The van der Waals surface area contributed by atoms with Gasteiger partial charge in [-0.3, -0.25) is 14.6 Å². The van der Waals surface area contributed by atoms with Crippen molar-refractivity contribution in [2.45, 2.75) is 13.5 Å². The third-order valence-corrected chi connectivity index (χ3v) is 3.92. The third-order valence-electron chi connectivity index (χ3n) is 3.92. The van der Waals surface area contributed by atoms with Crippen molar-refractivity contribution in [2.24, 2.45) is 0 Å². The molecule has 0 aliphatic heterocycles. The van der Waals surface area contributed by atoms with Crippen molar-refractivity contribution >= 4 is 17.5 Å². The zero-order valence-electron chi connectivity index (χ0n) is 14.4. The second-order valence-electron chi connectivity index (χ2n) is 5.94. The van der Waals surface area contributed by atoms with Gasteiger partial charge < -0.3 is 10.6 Å². The van der Waals surface area contributed by atoms with E-state index in [-0.39, 0.29) is 11.8 Å². The first kappa shape index (κ1) is 17.4. The monoisotopic (exact) mass is 345 g/mol. The van der Waals surface area contributed by atoms with Crippen molar-refractivity contribution in [1.82, 2.24) is 10.3 Å². The molecule has 0 fully saturated rings. The van der Waals surface area contributed by atoms with Gasteiger partial charge in [0.05, 0.1) is 0 Å². The van der Waals surface area contributed by atoms with E-state index in [9.17, 15) is 9.59 Å². The number of aromatic nitrogens is 1. The molecule has 0 radical (unpaired) electrons.